The maximum absolute atomic E-state index is 8.55. The van der Waals surface area contributed by atoms with Crippen LogP contribution in [0.4, 0.5) is 0 Å². The fourth-order valence-electron chi connectivity index (χ4n) is 0. The van der Waals surface area contributed by atoms with E-state index in [1.54, 1.807) is 0 Å². The van der Waals surface area contributed by atoms with E-state index >= 15 is 0 Å². The van der Waals surface area contributed by atoms with E-state index in [0.29, 0.717) is 0 Å². The average molecular weight is 177 g/mol. The van der Waals surface area contributed by atoms with E-state index in [2.05, 4.69) is 0 Å². The number of hydrogen-bond donors (Lipinski definition) is 0. The molecule has 0 saturated heterocycles. The second-order valence-corrected chi connectivity index (χ2v) is 1.34. The SMILES string of the molecule is O.O.O=P([O-])([O-])[O-].[Na+].[Na+]. The van der Waals surface area contributed by atoms with E-state index < -0.39 is 7.82 Å². The van der Waals surface area contributed by atoms with Gasteiger partial charge in [-0.1, -0.05) is 0 Å². The van der Waals surface area contributed by atoms with Crippen LogP contribution in [0, 0.1) is 0 Å². The first-order valence-electron chi connectivity index (χ1n) is 0.730. The van der Waals surface area contributed by atoms with Crippen LogP contribution in [0.1, 0.15) is 0 Å². The predicted octanol–water partition coefficient (Wildman–Crippen LogP) is -10.5. The zero-order valence-electron chi connectivity index (χ0n) is 5.08. The third-order valence-electron chi connectivity index (χ3n) is 0. The third kappa shape index (κ3) is 157. The topological polar surface area (TPSA) is 149 Å². The molecule has 0 rings (SSSR count). The van der Waals surface area contributed by atoms with Gasteiger partial charge in [0.2, 0.25) is 0 Å². The predicted molar refractivity (Wildman–Crippen MR) is 14.8 cm³/mol. The molecule has 0 aliphatic carbocycles. The fraction of sp³-hybridized carbons (Fsp3) is 0. The maximum Gasteiger partial charge on any atom is 1.00 e. The first-order valence-corrected chi connectivity index (χ1v) is 2.19. The van der Waals surface area contributed by atoms with Crippen molar-refractivity contribution in [3.63, 3.8) is 0 Å². The van der Waals surface area contributed by atoms with Crippen molar-refractivity contribution in [3.05, 3.63) is 0 Å². The van der Waals surface area contributed by atoms with Crippen LogP contribution >= 0.6 is 7.82 Å². The quantitative estimate of drug-likeness (QED) is 0.266. The Hall–Kier alpha value is 2.03. The summed E-state index contributed by atoms with van der Waals surface area (Å²) in [5.74, 6) is 0. The zero-order valence-corrected chi connectivity index (χ0v) is 9.97. The molecule has 48 valence electrons. The Labute approximate surface area is 96.1 Å². The molecule has 0 heterocycles. The fourth-order valence-corrected chi connectivity index (χ4v) is 0. The summed E-state index contributed by atoms with van der Waals surface area (Å²) >= 11 is 0. The third-order valence-corrected chi connectivity index (χ3v) is 0. The Kier molecular flexibility index (Phi) is 43.0. The van der Waals surface area contributed by atoms with Gasteiger partial charge >= 0.3 is 59.1 Å². The van der Waals surface area contributed by atoms with Gasteiger partial charge < -0.3 is 30.2 Å². The van der Waals surface area contributed by atoms with Gasteiger partial charge in [0.05, 0.1) is 0 Å². The second-order valence-electron chi connectivity index (χ2n) is 0.447. The van der Waals surface area contributed by atoms with Gasteiger partial charge in [-0.25, -0.2) is 0 Å². The molecular weight excluding hydrogens is 173 g/mol. The zero-order chi connectivity index (χ0) is 4.50. The normalized spacial score (nSPS) is 6.56. The Balaban J connectivity index is -0.0000000133. The monoisotopic (exact) mass is 177 g/mol. The smallest absolute Gasteiger partial charge is 0.822 e. The molecule has 0 saturated carbocycles. The van der Waals surface area contributed by atoms with E-state index in [4.69, 9.17) is 19.2 Å². The molecule has 0 aliphatic rings. The number of rotatable bonds is 0. The summed E-state index contributed by atoms with van der Waals surface area (Å²) in [6, 6.07) is 0. The van der Waals surface area contributed by atoms with E-state index in [1.807, 2.05) is 0 Å². The maximum atomic E-state index is 8.55. The first-order chi connectivity index (χ1) is 2.00. The molecular formula is H4Na2O6P-. The molecule has 0 bridgehead atoms. The van der Waals surface area contributed by atoms with Crippen molar-refractivity contribution in [2.75, 3.05) is 0 Å². The molecule has 0 fully saturated rings. The average Bonchev–Trinajstić information content (AvgIpc) is 0.722. The van der Waals surface area contributed by atoms with Crippen LogP contribution in [0.2, 0.25) is 0 Å². The Morgan fingerprint density at radius 1 is 0.889 bits per heavy atom. The van der Waals surface area contributed by atoms with Crippen molar-refractivity contribution < 1.29 is 89.3 Å². The summed E-state index contributed by atoms with van der Waals surface area (Å²) in [5, 5.41) is 0. The van der Waals surface area contributed by atoms with Crippen LogP contribution in [0.15, 0.2) is 0 Å². The minimum atomic E-state index is -5.39. The van der Waals surface area contributed by atoms with Crippen LogP contribution in [0.25, 0.3) is 0 Å². The Bertz CT molecular complexity index is 57.2. The molecule has 0 aromatic rings. The van der Waals surface area contributed by atoms with Gasteiger partial charge in [0.15, 0.2) is 0 Å². The van der Waals surface area contributed by atoms with Crippen LogP contribution in [0.5, 0.6) is 0 Å². The molecule has 0 aliphatic heterocycles. The summed E-state index contributed by atoms with van der Waals surface area (Å²) in [5.41, 5.74) is 0. The Morgan fingerprint density at radius 3 is 0.889 bits per heavy atom. The van der Waals surface area contributed by atoms with Crippen molar-refractivity contribution in [2.45, 2.75) is 0 Å². The van der Waals surface area contributed by atoms with E-state index in [9.17, 15) is 0 Å². The summed E-state index contributed by atoms with van der Waals surface area (Å²) in [6.45, 7) is 0. The Morgan fingerprint density at radius 2 is 0.889 bits per heavy atom. The summed E-state index contributed by atoms with van der Waals surface area (Å²) in [4.78, 5) is 25.6. The molecule has 0 amide bonds. The van der Waals surface area contributed by atoms with Crippen LogP contribution in [-0.2, 0) is 4.57 Å². The molecule has 0 unspecified atom stereocenters. The van der Waals surface area contributed by atoms with Crippen LogP contribution in [-0.4, -0.2) is 11.0 Å². The number of hydrogen-bond acceptors (Lipinski definition) is 4. The largest absolute Gasteiger partial charge is 1.00 e. The van der Waals surface area contributed by atoms with Gasteiger partial charge in [0.1, 0.15) is 0 Å². The second kappa shape index (κ2) is 12.7. The van der Waals surface area contributed by atoms with Gasteiger partial charge in [0, 0.05) is 0 Å². The van der Waals surface area contributed by atoms with Crippen molar-refractivity contribution >= 4 is 7.82 Å². The molecule has 0 aromatic carbocycles. The van der Waals surface area contributed by atoms with Crippen molar-refractivity contribution in [1.29, 1.82) is 0 Å². The summed E-state index contributed by atoms with van der Waals surface area (Å²) in [7, 11) is -5.39. The van der Waals surface area contributed by atoms with Crippen molar-refractivity contribution in [2.24, 2.45) is 0 Å². The molecule has 0 radical (unpaired) electrons. The van der Waals surface area contributed by atoms with E-state index in [-0.39, 0.29) is 70.1 Å². The number of phosphoric acid groups is 1. The van der Waals surface area contributed by atoms with Gasteiger partial charge in [-0.3, -0.25) is 0 Å². The minimum absolute atomic E-state index is 0. The molecule has 0 spiro atoms. The molecule has 6 nitrogen and oxygen atoms in total. The van der Waals surface area contributed by atoms with Crippen molar-refractivity contribution in [3.8, 4) is 0 Å². The van der Waals surface area contributed by atoms with Gasteiger partial charge in [-0.15, -0.1) is 0 Å². The van der Waals surface area contributed by atoms with E-state index in [0.717, 1.165) is 0 Å². The standard InChI is InChI=1S/2Na.H3O4P.2H2O/c;;1-5(2,3)4;;/h;;(H3,1,2,3,4);2*1H2/q2*+1;;;/p-3. The van der Waals surface area contributed by atoms with E-state index in [1.165, 1.54) is 0 Å². The first kappa shape index (κ1) is 30.5. The summed E-state index contributed by atoms with van der Waals surface area (Å²) in [6.07, 6.45) is 0. The molecule has 0 aromatic heterocycles. The molecule has 9 heteroatoms. The van der Waals surface area contributed by atoms with Crippen molar-refractivity contribution in [1.82, 2.24) is 0 Å². The molecule has 0 atom stereocenters. The van der Waals surface area contributed by atoms with Gasteiger partial charge in [-0.05, 0) is 0 Å². The summed E-state index contributed by atoms with van der Waals surface area (Å²) < 4.78 is 8.55. The molecule has 9 heavy (non-hydrogen) atoms. The minimum Gasteiger partial charge on any atom is -0.822 e. The molecule has 4 N–H and O–H groups in total. The van der Waals surface area contributed by atoms with Gasteiger partial charge in [-0.2, -0.15) is 7.82 Å². The van der Waals surface area contributed by atoms with Gasteiger partial charge in [0.25, 0.3) is 0 Å². The van der Waals surface area contributed by atoms with Crippen LogP contribution < -0.4 is 73.8 Å². The van der Waals surface area contributed by atoms with Crippen LogP contribution in [0.3, 0.4) is 0 Å².